The average Bonchev–Trinajstić information content (AvgIpc) is 2.48. The highest BCUT2D eigenvalue weighted by molar-refractivity contribution is 8.02. The van der Waals surface area contributed by atoms with Gasteiger partial charge in [-0.2, -0.15) is 0 Å². The zero-order valence-electron chi connectivity index (χ0n) is 11.7. The summed E-state index contributed by atoms with van der Waals surface area (Å²) in [7, 11) is 0. The van der Waals surface area contributed by atoms with E-state index in [0.29, 0.717) is 11.4 Å². The molecule has 0 bridgehead atoms. The molecule has 1 aliphatic heterocycles. The molecule has 112 valence electrons. The first-order valence-electron chi connectivity index (χ1n) is 6.65. The van der Waals surface area contributed by atoms with Crippen LogP contribution in [0.25, 0.3) is 0 Å². The SMILES string of the molecule is CC1(C(=O)Nc2cccc(F)c2)Sc2ccccc2NC1=O. The number of fused-ring (bicyclic) bond motifs is 1. The second-order valence-electron chi connectivity index (χ2n) is 5.05. The molecule has 0 fully saturated rings. The maximum atomic E-state index is 13.2. The van der Waals surface area contributed by atoms with Gasteiger partial charge in [0.05, 0.1) is 5.69 Å². The monoisotopic (exact) mass is 316 g/mol. The third-order valence-corrected chi connectivity index (χ3v) is 4.75. The minimum Gasteiger partial charge on any atom is -0.324 e. The van der Waals surface area contributed by atoms with Crippen LogP contribution in [0.3, 0.4) is 0 Å². The van der Waals surface area contributed by atoms with Gasteiger partial charge in [0, 0.05) is 10.6 Å². The van der Waals surface area contributed by atoms with Crippen LogP contribution in [0.4, 0.5) is 15.8 Å². The molecule has 0 radical (unpaired) electrons. The van der Waals surface area contributed by atoms with Crippen molar-refractivity contribution in [2.75, 3.05) is 10.6 Å². The Kier molecular flexibility index (Phi) is 3.62. The number of hydrogen-bond acceptors (Lipinski definition) is 3. The molecule has 3 rings (SSSR count). The van der Waals surface area contributed by atoms with Gasteiger partial charge < -0.3 is 10.6 Å². The van der Waals surface area contributed by atoms with E-state index in [0.717, 1.165) is 4.90 Å². The van der Waals surface area contributed by atoms with Crippen LogP contribution in [0, 0.1) is 5.82 Å². The van der Waals surface area contributed by atoms with Crippen molar-refractivity contribution in [3.63, 3.8) is 0 Å². The summed E-state index contributed by atoms with van der Waals surface area (Å²) in [6, 6.07) is 12.8. The lowest BCUT2D eigenvalue weighted by Gasteiger charge is -2.31. The van der Waals surface area contributed by atoms with E-state index in [1.54, 1.807) is 19.1 Å². The third-order valence-electron chi connectivity index (χ3n) is 3.40. The second kappa shape index (κ2) is 5.46. The zero-order valence-corrected chi connectivity index (χ0v) is 12.5. The molecule has 1 atom stereocenters. The van der Waals surface area contributed by atoms with E-state index in [4.69, 9.17) is 0 Å². The summed E-state index contributed by atoms with van der Waals surface area (Å²) < 4.78 is 11.9. The molecule has 0 spiro atoms. The van der Waals surface area contributed by atoms with E-state index in [9.17, 15) is 14.0 Å². The number of rotatable bonds is 2. The predicted octanol–water partition coefficient (Wildman–Crippen LogP) is 3.27. The van der Waals surface area contributed by atoms with Crippen molar-refractivity contribution in [2.45, 2.75) is 16.6 Å². The summed E-state index contributed by atoms with van der Waals surface area (Å²) in [5, 5.41) is 5.33. The number of benzene rings is 2. The van der Waals surface area contributed by atoms with Gasteiger partial charge in [0.2, 0.25) is 11.8 Å². The van der Waals surface area contributed by atoms with Gasteiger partial charge in [-0.1, -0.05) is 30.0 Å². The topological polar surface area (TPSA) is 58.2 Å². The molecule has 1 heterocycles. The second-order valence-corrected chi connectivity index (χ2v) is 6.51. The summed E-state index contributed by atoms with van der Waals surface area (Å²) in [5.74, 6) is -1.34. The summed E-state index contributed by atoms with van der Waals surface area (Å²) in [5.41, 5.74) is 1.01. The molecule has 0 aromatic heterocycles. The van der Waals surface area contributed by atoms with Crippen LogP contribution in [0.2, 0.25) is 0 Å². The number of thioether (sulfide) groups is 1. The highest BCUT2D eigenvalue weighted by Gasteiger charge is 2.45. The number of halogens is 1. The molecule has 0 aliphatic carbocycles. The van der Waals surface area contributed by atoms with Crippen LogP contribution < -0.4 is 10.6 Å². The largest absolute Gasteiger partial charge is 0.324 e. The van der Waals surface area contributed by atoms with Crippen molar-refractivity contribution < 1.29 is 14.0 Å². The Hall–Kier alpha value is -2.34. The van der Waals surface area contributed by atoms with Crippen LogP contribution in [-0.4, -0.2) is 16.6 Å². The number of nitrogens with one attached hydrogen (secondary N) is 2. The van der Waals surface area contributed by atoms with Gasteiger partial charge in [-0.3, -0.25) is 9.59 Å². The van der Waals surface area contributed by atoms with Gasteiger partial charge in [-0.25, -0.2) is 4.39 Å². The van der Waals surface area contributed by atoms with Gasteiger partial charge in [0.1, 0.15) is 5.82 Å². The molecule has 6 heteroatoms. The van der Waals surface area contributed by atoms with Crippen LogP contribution in [-0.2, 0) is 9.59 Å². The Labute approximate surface area is 131 Å². The predicted molar refractivity (Wildman–Crippen MR) is 84.4 cm³/mol. The van der Waals surface area contributed by atoms with E-state index in [2.05, 4.69) is 10.6 Å². The fourth-order valence-electron chi connectivity index (χ4n) is 2.13. The molecule has 2 amide bonds. The Balaban J connectivity index is 1.87. The third kappa shape index (κ3) is 2.57. The lowest BCUT2D eigenvalue weighted by atomic mass is 10.1. The smallest absolute Gasteiger partial charge is 0.250 e. The average molecular weight is 316 g/mol. The minimum atomic E-state index is -1.32. The Bertz CT molecular complexity index is 765. The lowest BCUT2D eigenvalue weighted by Crippen LogP contribution is -2.49. The van der Waals surface area contributed by atoms with Gasteiger partial charge in [0.15, 0.2) is 4.75 Å². The summed E-state index contributed by atoms with van der Waals surface area (Å²) in [6.07, 6.45) is 0. The molecule has 1 unspecified atom stereocenters. The van der Waals surface area contributed by atoms with Crippen molar-refractivity contribution in [3.8, 4) is 0 Å². The quantitative estimate of drug-likeness (QED) is 0.836. The summed E-state index contributed by atoms with van der Waals surface area (Å²) >= 11 is 1.18. The fourth-order valence-corrected chi connectivity index (χ4v) is 3.24. The van der Waals surface area contributed by atoms with Gasteiger partial charge in [0.25, 0.3) is 0 Å². The lowest BCUT2D eigenvalue weighted by molar-refractivity contribution is -0.126. The van der Waals surface area contributed by atoms with Crippen LogP contribution in [0.1, 0.15) is 6.92 Å². The molecule has 2 aromatic carbocycles. The number of hydrogen-bond donors (Lipinski definition) is 2. The van der Waals surface area contributed by atoms with Crippen molar-refractivity contribution >= 4 is 35.0 Å². The highest BCUT2D eigenvalue weighted by Crippen LogP contribution is 2.42. The Morgan fingerprint density at radius 1 is 1.23 bits per heavy atom. The van der Waals surface area contributed by atoms with Crippen molar-refractivity contribution in [2.24, 2.45) is 0 Å². The number of amides is 2. The van der Waals surface area contributed by atoms with E-state index >= 15 is 0 Å². The molecule has 22 heavy (non-hydrogen) atoms. The first kappa shape index (κ1) is 14.6. The molecular formula is C16H13FN2O2S. The molecule has 4 nitrogen and oxygen atoms in total. The van der Waals surface area contributed by atoms with E-state index in [1.165, 1.54) is 30.0 Å². The zero-order chi connectivity index (χ0) is 15.7. The minimum absolute atomic E-state index is 0.318. The molecular weight excluding hydrogens is 303 g/mol. The normalized spacial score (nSPS) is 20.0. The first-order chi connectivity index (χ1) is 10.5. The van der Waals surface area contributed by atoms with E-state index < -0.39 is 22.4 Å². The molecule has 2 aromatic rings. The van der Waals surface area contributed by atoms with Crippen LogP contribution in [0.5, 0.6) is 0 Å². The number of carbonyl (C=O) groups is 2. The van der Waals surface area contributed by atoms with Crippen molar-refractivity contribution in [1.82, 2.24) is 0 Å². The maximum absolute atomic E-state index is 13.2. The van der Waals surface area contributed by atoms with Crippen LogP contribution in [0.15, 0.2) is 53.4 Å². The van der Waals surface area contributed by atoms with Crippen molar-refractivity contribution in [1.29, 1.82) is 0 Å². The Morgan fingerprint density at radius 3 is 2.77 bits per heavy atom. The van der Waals surface area contributed by atoms with E-state index in [-0.39, 0.29) is 0 Å². The van der Waals surface area contributed by atoms with Crippen molar-refractivity contribution in [3.05, 3.63) is 54.3 Å². The number of anilines is 2. The molecule has 1 aliphatic rings. The van der Waals surface area contributed by atoms with Crippen LogP contribution >= 0.6 is 11.8 Å². The summed E-state index contributed by atoms with van der Waals surface area (Å²) in [6.45, 7) is 1.55. The molecule has 2 N–H and O–H groups in total. The first-order valence-corrected chi connectivity index (χ1v) is 7.47. The van der Waals surface area contributed by atoms with Gasteiger partial charge in [-0.05, 0) is 37.3 Å². The Morgan fingerprint density at radius 2 is 2.00 bits per heavy atom. The highest BCUT2D eigenvalue weighted by atomic mass is 32.2. The van der Waals surface area contributed by atoms with E-state index in [1.807, 2.05) is 18.2 Å². The molecule has 0 saturated heterocycles. The maximum Gasteiger partial charge on any atom is 0.250 e. The number of para-hydroxylation sites is 1. The fraction of sp³-hybridized carbons (Fsp3) is 0.125. The summed E-state index contributed by atoms with van der Waals surface area (Å²) in [4.78, 5) is 25.6. The van der Waals surface area contributed by atoms with Gasteiger partial charge in [-0.15, -0.1) is 0 Å². The number of carbonyl (C=O) groups excluding carboxylic acids is 2. The standard InChI is InChI=1S/C16H13FN2O2S/c1-16(14(20)18-11-6-4-5-10(17)9-11)15(21)19-12-7-2-3-8-13(12)22-16/h2-9H,1H3,(H,18,20)(H,19,21). The van der Waals surface area contributed by atoms with Gasteiger partial charge >= 0.3 is 0 Å². The molecule has 0 saturated carbocycles.